The maximum Gasteiger partial charge on any atom is 0.0462 e. The van der Waals surface area contributed by atoms with Gasteiger partial charge >= 0.3 is 0 Å². The third kappa shape index (κ3) is 10.4. The van der Waals surface area contributed by atoms with E-state index in [1.165, 1.54) is 62.9 Å². The first kappa shape index (κ1) is 44.6. The normalized spacial score (nSPS) is 11.3. The van der Waals surface area contributed by atoms with Gasteiger partial charge in [0.1, 0.15) is 0 Å². The molecule has 0 atom stereocenters. The molecule has 0 N–H and O–H groups in total. The predicted molar refractivity (Wildman–Crippen MR) is 295 cm³/mol. The molecular formula is C67H58N2. The van der Waals surface area contributed by atoms with Gasteiger partial charge in [0.2, 0.25) is 0 Å². The zero-order valence-electron chi connectivity index (χ0n) is 39.8. The Labute approximate surface area is 409 Å². The summed E-state index contributed by atoms with van der Waals surface area (Å²) in [6, 6.07) is 94.5. The van der Waals surface area contributed by atoms with Crippen LogP contribution in [-0.4, -0.2) is 0 Å². The molecule has 0 spiro atoms. The molecule has 0 aromatic heterocycles. The zero-order chi connectivity index (χ0) is 47.0. The summed E-state index contributed by atoms with van der Waals surface area (Å²) in [5.74, 6) is 0. The van der Waals surface area contributed by atoms with Crippen LogP contribution in [0.15, 0.2) is 261 Å². The van der Waals surface area contributed by atoms with Crippen molar-refractivity contribution in [2.24, 2.45) is 5.41 Å². The van der Waals surface area contributed by atoms with E-state index in [2.05, 4.69) is 291 Å². The van der Waals surface area contributed by atoms with Crippen molar-refractivity contribution in [1.29, 1.82) is 0 Å². The van der Waals surface area contributed by atoms with E-state index in [9.17, 15) is 0 Å². The fourth-order valence-corrected chi connectivity index (χ4v) is 9.19. The lowest BCUT2D eigenvalue weighted by Gasteiger charge is -2.26. The quantitative estimate of drug-likeness (QED) is 0.101. The Balaban J connectivity index is 0.927. The predicted octanol–water partition coefficient (Wildman–Crippen LogP) is 19.3. The van der Waals surface area contributed by atoms with Gasteiger partial charge in [-0.1, -0.05) is 209 Å². The van der Waals surface area contributed by atoms with Crippen molar-refractivity contribution in [3.05, 3.63) is 266 Å². The number of hydrogen-bond acceptors (Lipinski definition) is 2. The highest BCUT2D eigenvalue weighted by atomic mass is 15.1. The molecule has 0 heterocycles. The summed E-state index contributed by atoms with van der Waals surface area (Å²) in [4.78, 5) is 4.67. The molecule has 10 rings (SSSR count). The van der Waals surface area contributed by atoms with Gasteiger partial charge in [-0.15, -0.1) is 0 Å². The minimum atomic E-state index is 0.352. The molecule has 10 aromatic rings. The first-order valence-electron chi connectivity index (χ1n) is 24.3. The monoisotopic (exact) mass is 890 g/mol. The summed E-state index contributed by atoms with van der Waals surface area (Å²) < 4.78 is 0. The van der Waals surface area contributed by atoms with Crippen molar-refractivity contribution in [2.45, 2.75) is 40.0 Å². The third-order valence-corrected chi connectivity index (χ3v) is 13.7. The Kier molecular flexibility index (Phi) is 13.2. The molecule has 2 nitrogen and oxygen atoms in total. The molecule has 0 radical (unpaired) electrons. The van der Waals surface area contributed by atoms with E-state index in [1.807, 2.05) is 0 Å². The van der Waals surface area contributed by atoms with E-state index in [1.54, 1.807) is 0 Å². The number of nitrogens with zero attached hydrogens (tertiary/aromatic N) is 2. The summed E-state index contributed by atoms with van der Waals surface area (Å²) in [6.45, 7) is 7.04. The maximum atomic E-state index is 2.38. The lowest BCUT2D eigenvalue weighted by atomic mass is 9.83. The SMILES string of the molecule is CCC(C)(C)CCc1cccc(-c2cccc(-c3ccc(N(c4ccc(-c5ccccc5)cc4)c4ccc(-c5ccc(N(c6ccccc6)c6ccc(-c7ccccc7)cc6)cc5)cc4)cc3)c2)c1. The van der Waals surface area contributed by atoms with E-state index in [0.717, 1.165) is 51.7 Å². The average Bonchev–Trinajstić information content (AvgIpc) is 3.42. The van der Waals surface area contributed by atoms with Gasteiger partial charge < -0.3 is 9.80 Å². The van der Waals surface area contributed by atoms with Crippen LogP contribution in [0, 0.1) is 5.41 Å². The summed E-state index contributed by atoms with van der Waals surface area (Å²) in [6.07, 6.45) is 3.47. The minimum Gasteiger partial charge on any atom is -0.311 e. The number of para-hydroxylation sites is 1. The molecule has 0 fully saturated rings. The minimum absolute atomic E-state index is 0.352. The summed E-state index contributed by atoms with van der Waals surface area (Å²) in [5.41, 5.74) is 20.4. The van der Waals surface area contributed by atoms with Crippen LogP contribution < -0.4 is 9.80 Å². The van der Waals surface area contributed by atoms with Crippen molar-refractivity contribution in [3.8, 4) is 55.6 Å². The van der Waals surface area contributed by atoms with Crippen LogP contribution >= 0.6 is 0 Å². The first-order valence-corrected chi connectivity index (χ1v) is 24.3. The summed E-state index contributed by atoms with van der Waals surface area (Å²) >= 11 is 0. The van der Waals surface area contributed by atoms with Crippen molar-refractivity contribution in [1.82, 2.24) is 0 Å². The summed E-state index contributed by atoms with van der Waals surface area (Å²) in [5, 5.41) is 0. The van der Waals surface area contributed by atoms with Crippen molar-refractivity contribution < 1.29 is 0 Å². The van der Waals surface area contributed by atoms with Gasteiger partial charge in [-0.3, -0.25) is 0 Å². The topological polar surface area (TPSA) is 6.48 Å². The second kappa shape index (κ2) is 20.3. The standard InChI is InChI=1S/C67H58N2/c1-4-67(2,3)47-46-50-16-14-21-58(48-50)60-23-15-22-59(49-60)57-34-44-66(45-35-57)69(64-38-28-54(29-39-64)52-19-10-6-11-20-52)65-42-32-56(33-43-65)55-30-40-63(41-31-55)68(61-24-12-7-13-25-61)62-36-26-53(27-37-62)51-17-8-5-9-18-51/h5-45,48-49H,4,46-47H2,1-3H3. The largest absolute Gasteiger partial charge is 0.311 e. The third-order valence-electron chi connectivity index (χ3n) is 13.7. The van der Waals surface area contributed by atoms with E-state index in [0.29, 0.717) is 5.41 Å². The van der Waals surface area contributed by atoms with E-state index < -0.39 is 0 Å². The van der Waals surface area contributed by atoms with Gasteiger partial charge in [-0.25, -0.2) is 0 Å². The molecule has 0 aliphatic rings. The van der Waals surface area contributed by atoms with Gasteiger partial charge in [0.05, 0.1) is 0 Å². The fourth-order valence-electron chi connectivity index (χ4n) is 9.19. The van der Waals surface area contributed by atoms with Crippen molar-refractivity contribution in [3.63, 3.8) is 0 Å². The van der Waals surface area contributed by atoms with Crippen molar-refractivity contribution >= 4 is 34.1 Å². The number of aryl methyl sites for hydroxylation is 1. The van der Waals surface area contributed by atoms with Gasteiger partial charge in [0.15, 0.2) is 0 Å². The molecule has 0 aliphatic heterocycles. The van der Waals surface area contributed by atoms with Crippen LogP contribution in [0.4, 0.5) is 34.1 Å². The number of benzene rings is 10. The molecule has 69 heavy (non-hydrogen) atoms. The van der Waals surface area contributed by atoms with Crippen LogP contribution in [0.1, 0.15) is 39.2 Å². The second-order valence-corrected chi connectivity index (χ2v) is 18.8. The molecule has 336 valence electrons. The van der Waals surface area contributed by atoms with Gasteiger partial charge in [0.25, 0.3) is 0 Å². The Morgan fingerprint density at radius 1 is 0.275 bits per heavy atom. The van der Waals surface area contributed by atoms with Crippen molar-refractivity contribution in [2.75, 3.05) is 9.80 Å². The van der Waals surface area contributed by atoms with E-state index >= 15 is 0 Å². The van der Waals surface area contributed by atoms with Gasteiger partial charge in [0, 0.05) is 34.1 Å². The fraction of sp³-hybridized carbons (Fsp3) is 0.104. The Hall–Kier alpha value is -8.20. The average molecular weight is 891 g/mol. The smallest absolute Gasteiger partial charge is 0.0462 e. The summed E-state index contributed by atoms with van der Waals surface area (Å²) in [7, 11) is 0. The van der Waals surface area contributed by atoms with E-state index in [4.69, 9.17) is 0 Å². The van der Waals surface area contributed by atoms with Crippen LogP contribution in [0.25, 0.3) is 55.6 Å². The lowest BCUT2D eigenvalue weighted by Crippen LogP contribution is -2.10. The molecule has 0 saturated heterocycles. The van der Waals surface area contributed by atoms with Crippen LogP contribution in [-0.2, 0) is 6.42 Å². The number of hydrogen-bond donors (Lipinski definition) is 0. The van der Waals surface area contributed by atoms with Crippen LogP contribution in [0.3, 0.4) is 0 Å². The highest BCUT2D eigenvalue weighted by molar-refractivity contribution is 5.83. The second-order valence-electron chi connectivity index (χ2n) is 18.8. The Bertz CT molecular complexity index is 3210. The first-order chi connectivity index (χ1) is 33.9. The maximum absolute atomic E-state index is 2.38. The van der Waals surface area contributed by atoms with Gasteiger partial charge in [-0.05, 0) is 158 Å². The number of anilines is 6. The molecule has 0 amide bonds. The van der Waals surface area contributed by atoms with Gasteiger partial charge in [-0.2, -0.15) is 0 Å². The van der Waals surface area contributed by atoms with Crippen LogP contribution in [0.2, 0.25) is 0 Å². The molecule has 0 aliphatic carbocycles. The molecule has 2 heteroatoms. The molecule has 0 unspecified atom stereocenters. The molecular weight excluding hydrogens is 833 g/mol. The highest BCUT2D eigenvalue weighted by Crippen LogP contribution is 2.40. The molecule has 10 aromatic carbocycles. The molecule has 0 bridgehead atoms. The lowest BCUT2D eigenvalue weighted by molar-refractivity contribution is 0.322. The van der Waals surface area contributed by atoms with Crippen LogP contribution in [0.5, 0.6) is 0 Å². The zero-order valence-corrected chi connectivity index (χ0v) is 39.8. The Morgan fingerprint density at radius 3 is 0.928 bits per heavy atom. The Morgan fingerprint density at radius 2 is 0.551 bits per heavy atom. The highest BCUT2D eigenvalue weighted by Gasteiger charge is 2.17. The molecule has 0 saturated carbocycles. The number of rotatable bonds is 15. The van der Waals surface area contributed by atoms with E-state index in [-0.39, 0.29) is 0 Å².